The summed E-state index contributed by atoms with van der Waals surface area (Å²) in [6.07, 6.45) is 5.20. The molecule has 0 bridgehead atoms. The maximum absolute atomic E-state index is 5.89. The van der Waals surface area contributed by atoms with Gasteiger partial charge in [-0.25, -0.2) is 4.98 Å². The molecule has 0 saturated carbocycles. The molecule has 3 rings (SSSR count). The van der Waals surface area contributed by atoms with Gasteiger partial charge < -0.3 is 0 Å². The van der Waals surface area contributed by atoms with Crippen LogP contribution in [0.4, 0.5) is 0 Å². The lowest BCUT2D eigenvalue weighted by Crippen LogP contribution is -1.92. The van der Waals surface area contributed by atoms with Gasteiger partial charge in [-0.15, -0.1) is 0 Å². The number of aromatic nitrogens is 5. The van der Waals surface area contributed by atoms with E-state index in [9.17, 15) is 0 Å². The monoisotopic (exact) mass is 245 g/mol. The smallest absolute Gasteiger partial charge is 0.224 e. The van der Waals surface area contributed by atoms with Gasteiger partial charge in [-0.1, -0.05) is 0 Å². The Morgan fingerprint density at radius 1 is 1.24 bits per heavy atom. The van der Waals surface area contributed by atoms with Crippen LogP contribution in [0.3, 0.4) is 0 Å². The van der Waals surface area contributed by atoms with Gasteiger partial charge in [-0.05, 0) is 30.2 Å². The van der Waals surface area contributed by atoms with Crippen molar-refractivity contribution < 1.29 is 0 Å². The normalized spacial score (nSPS) is 10.9. The van der Waals surface area contributed by atoms with Gasteiger partial charge in [0.2, 0.25) is 5.28 Å². The van der Waals surface area contributed by atoms with E-state index >= 15 is 0 Å². The summed E-state index contributed by atoms with van der Waals surface area (Å²) in [6, 6.07) is 1.93. The highest BCUT2D eigenvalue weighted by atomic mass is 35.5. The zero-order chi connectivity index (χ0) is 11.8. The number of nitrogens with zero attached hydrogens (tertiary/aromatic N) is 4. The van der Waals surface area contributed by atoms with E-state index in [-0.39, 0.29) is 5.28 Å². The van der Waals surface area contributed by atoms with Crippen molar-refractivity contribution in [1.29, 1.82) is 0 Å². The zero-order valence-corrected chi connectivity index (χ0v) is 9.73. The number of halogens is 1. The van der Waals surface area contributed by atoms with E-state index in [1.54, 1.807) is 18.6 Å². The molecule has 84 valence electrons. The third kappa shape index (κ3) is 1.64. The predicted molar refractivity (Wildman–Crippen MR) is 64.7 cm³/mol. The first-order chi connectivity index (χ1) is 8.25. The maximum atomic E-state index is 5.89. The highest BCUT2D eigenvalue weighted by Gasteiger charge is 2.12. The number of H-pyrrole nitrogens is 1. The Morgan fingerprint density at radius 3 is 2.94 bits per heavy atom. The van der Waals surface area contributed by atoms with E-state index < -0.39 is 0 Å². The fourth-order valence-electron chi connectivity index (χ4n) is 1.72. The van der Waals surface area contributed by atoms with E-state index in [2.05, 4.69) is 25.1 Å². The first-order valence-corrected chi connectivity index (χ1v) is 5.41. The quantitative estimate of drug-likeness (QED) is 0.669. The summed E-state index contributed by atoms with van der Waals surface area (Å²) in [6.45, 7) is 2.00. The van der Waals surface area contributed by atoms with Crippen LogP contribution in [0.5, 0.6) is 0 Å². The van der Waals surface area contributed by atoms with E-state index in [1.165, 1.54) is 0 Å². The number of pyridine rings is 1. The van der Waals surface area contributed by atoms with Gasteiger partial charge in [0.25, 0.3) is 0 Å². The Balaban J connectivity index is 2.37. The number of aromatic amines is 1. The molecule has 3 heterocycles. The number of hydrogen-bond acceptors (Lipinski definition) is 4. The standard InChI is InChI=1S/C11H8ClN5/c1-6-2-3-13-4-7(6)9-8-5-14-17-10(8)16-11(12)15-9/h2-5H,1H3,(H,14,15,16,17). The summed E-state index contributed by atoms with van der Waals surface area (Å²) in [5, 5.41) is 7.77. The van der Waals surface area contributed by atoms with Crippen molar-refractivity contribution in [3.63, 3.8) is 0 Å². The van der Waals surface area contributed by atoms with Gasteiger partial charge in [0, 0.05) is 18.0 Å². The van der Waals surface area contributed by atoms with E-state index in [4.69, 9.17) is 11.6 Å². The lowest BCUT2D eigenvalue weighted by atomic mass is 10.1. The van der Waals surface area contributed by atoms with Crippen LogP contribution in [0.1, 0.15) is 5.56 Å². The molecular formula is C11H8ClN5. The minimum absolute atomic E-state index is 0.194. The van der Waals surface area contributed by atoms with Gasteiger partial charge in [-0.3, -0.25) is 10.1 Å². The van der Waals surface area contributed by atoms with Gasteiger partial charge in [-0.2, -0.15) is 10.1 Å². The zero-order valence-electron chi connectivity index (χ0n) is 8.98. The van der Waals surface area contributed by atoms with Crippen LogP contribution in [0.25, 0.3) is 22.3 Å². The predicted octanol–water partition coefficient (Wildman–Crippen LogP) is 2.38. The molecule has 1 N–H and O–H groups in total. The van der Waals surface area contributed by atoms with Crippen molar-refractivity contribution in [3.8, 4) is 11.3 Å². The Hall–Kier alpha value is -2.01. The highest BCUT2D eigenvalue weighted by molar-refractivity contribution is 6.28. The minimum Gasteiger partial charge on any atom is -0.264 e. The molecule has 5 nitrogen and oxygen atoms in total. The third-order valence-electron chi connectivity index (χ3n) is 2.58. The minimum atomic E-state index is 0.194. The second-order valence-electron chi connectivity index (χ2n) is 3.66. The average molecular weight is 246 g/mol. The van der Waals surface area contributed by atoms with Crippen molar-refractivity contribution in [1.82, 2.24) is 25.1 Å². The van der Waals surface area contributed by atoms with Crippen molar-refractivity contribution in [2.45, 2.75) is 6.92 Å². The highest BCUT2D eigenvalue weighted by Crippen LogP contribution is 2.27. The second-order valence-corrected chi connectivity index (χ2v) is 4.00. The Kier molecular flexibility index (Phi) is 2.26. The molecule has 0 unspecified atom stereocenters. The molecular weight excluding hydrogens is 238 g/mol. The molecule has 6 heteroatoms. The average Bonchev–Trinajstić information content (AvgIpc) is 2.76. The van der Waals surface area contributed by atoms with Gasteiger partial charge in [0.15, 0.2) is 5.65 Å². The maximum Gasteiger partial charge on any atom is 0.224 e. The number of rotatable bonds is 1. The van der Waals surface area contributed by atoms with Crippen LogP contribution in [0, 0.1) is 6.92 Å². The molecule has 0 aliphatic heterocycles. The molecule has 3 aromatic rings. The molecule has 17 heavy (non-hydrogen) atoms. The van der Waals surface area contributed by atoms with Crippen LogP contribution in [-0.2, 0) is 0 Å². The topological polar surface area (TPSA) is 67.3 Å². The number of aryl methyl sites for hydroxylation is 1. The van der Waals surface area contributed by atoms with Crippen LogP contribution in [-0.4, -0.2) is 25.1 Å². The summed E-state index contributed by atoms with van der Waals surface area (Å²) in [4.78, 5) is 12.4. The van der Waals surface area contributed by atoms with E-state index in [0.717, 1.165) is 22.2 Å². The number of hydrogen-bond donors (Lipinski definition) is 1. The summed E-state index contributed by atoms with van der Waals surface area (Å²) < 4.78 is 0. The molecule has 0 atom stereocenters. The molecule has 0 amide bonds. The van der Waals surface area contributed by atoms with E-state index in [1.807, 2.05) is 13.0 Å². The number of nitrogens with one attached hydrogen (secondary N) is 1. The fourth-order valence-corrected chi connectivity index (χ4v) is 1.89. The summed E-state index contributed by atoms with van der Waals surface area (Å²) in [5.74, 6) is 0. The van der Waals surface area contributed by atoms with Crippen molar-refractivity contribution >= 4 is 22.6 Å². The fraction of sp³-hybridized carbons (Fsp3) is 0.0909. The summed E-state index contributed by atoms with van der Waals surface area (Å²) >= 11 is 5.89. The van der Waals surface area contributed by atoms with Crippen LogP contribution in [0.15, 0.2) is 24.7 Å². The second kappa shape index (κ2) is 3.78. The van der Waals surface area contributed by atoms with Crippen molar-refractivity contribution in [2.75, 3.05) is 0 Å². The molecule has 0 aliphatic rings. The first-order valence-electron chi connectivity index (χ1n) is 5.03. The van der Waals surface area contributed by atoms with Gasteiger partial charge in [0.1, 0.15) is 0 Å². The first kappa shape index (κ1) is 10.2. The van der Waals surface area contributed by atoms with Crippen LogP contribution in [0.2, 0.25) is 5.28 Å². The molecule has 0 fully saturated rings. The summed E-state index contributed by atoms with van der Waals surface area (Å²) in [5.41, 5.74) is 3.39. The Bertz CT molecular complexity index is 691. The number of fused-ring (bicyclic) bond motifs is 1. The largest absolute Gasteiger partial charge is 0.264 e. The van der Waals surface area contributed by atoms with Gasteiger partial charge >= 0.3 is 0 Å². The van der Waals surface area contributed by atoms with E-state index in [0.29, 0.717) is 5.65 Å². The molecule has 0 radical (unpaired) electrons. The van der Waals surface area contributed by atoms with Crippen molar-refractivity contribution in [3.05, 3.63) is 35.5 Å². The molecule has 0 saturated heterocycles. The van der Waals surface area contributed by atoms with Crippen molar-refractivity contribution in [2.24, 2.45) is 0 Å². The molecule has 3 aromatic heterocycles. The third-order valence-corrected chi connectivity index (χ3v) is 2.75. The molecule has 0 aromatic carbocycles. The SMILES string of the molecule is Cc1ccncc1-c1nc(Cl)nc2[nH]ncc12. The summed E-state index contributed by atoms with van der Waals surface area (Å²) in [7, 11) is 0. The Labute approximate surface area is 102 Å². The molecule has 0 aliphatic carbocycles. The lowest BCUT2D eigenvalue weighted by molar-refractivity contribution is 1.09. The molecule has 0 spiro atoms. The lowest BCUT2D eigenvalue weighted by Gasteiger charge is -2.05. The Morgan fingerprint density at radius 2 is 2.12 bits per heavy atom. The van der Waals surface area contributed by atoms with Crippen LogP contribution < -0.4 is 0 Å². The van der Waals surface area contributed by atoms with Gasteiger partial charge in [0.05, 0.1) is 17.3 Å². The van der Waals surface area contributed by atoms with Crippen LogP contribution >= 0.6 is 11.6 Å².